The molecule has 0 saturated heterocycles. The summed E-state index contributed by atoms with van der Waals surface area (Å²) in [6, 6.07) is 3.48. The van der Waals surface area contributed by atoms with Crippen LogP contribution in [-0.4, -0.2) is 36.8 Å². The van der Waals surface area contributed by atoms with Gasteiger partial charge in [0.05, 0.1) is 5.25 Å². The van der Waals surface area contributed by atoms with Crippen LogP contribution < -0.4 is 5.32 Å². The quantitative estimate of drug-likeness (QED) is 0.505. The van der Waals surface area contributed by atoms with Crippen molar-refractivity contribution in [2.45, 2.75) is 5.25 Å². The van der Waals surface area contributed by atoms with Gasteiger partial charge in [0, 0.05) is 6.54 Å². The lowest BCUT2D eigenvalue weighted by atomic mass is 10.1. The van der Waals surface area contributed by atoms with Crippen LogP contribution in [0, 0.1) is 0 Å². The lowest BCUT2D eigenvalue weighted by Crippen LogP contribution is -2.24. The molecule has 0 radical (unpaired) electrons. The molecule has 90 valence electrons. The lowest BCUT2D eigenvalue weighted by molar-refractivity contribution is 0.402. The van der Waals surface area contributed by atoms with E-state index < -0.39 is 21.1 Å². The Bertz CT molecular complexity index is 471. The third kappa shape index (κ3) is 2.84. The molecular formula is C9H12NO5S-. The summed E-state index contributed by atoms with van der Waals surface area (Å²) in [5.74, 6) is -0.822. The van der Waals surface area contributed by atoms with Crippen molar-refractivity contribution < 1.29 is 23.2 Å². The molecule has 0 aromatic heterocycles. The van der Waals surface area contributed by atoms with E-state index in [0.717, 1.165) is 12.1 Å². The second-order valence-corrected chi connectivity index (χ2v) is 4.84. The summed E-state index contributed by atoms with van der Waals surface area (Å²) in [5.41, 5.74) is 0.139. The summed E-state index contributed by atoms with van der Waals surface area (Å²) >= 11 is 0. The maximum Gasteiger partial charge on any atom is 0.157 e. The Balaban J connectivity index is 3.17. The van der Waals surface area contributed by atoms with E-state index in [9.17, 15) is 18.1 Å². The van der Waals surface area contributed by atoms with Crippen LogP contribution in [0.15, 0.2) is 18.2 Å². The first kappa shape index (κ1) is 12.8. The fourth-order valence-corrected chi connectivity index (χ4v) is 2.16. The van der Waals surface area contributed by atoms with E-state index >= 15 is 0 Å². The summed E-state index contributed by atoms with van der Waals surface area (Å²) in [6.07, 6.45) is 0. The molecule has 1 aromatic carbocycles. The minimum atomic E-state index is -4.51. The highest BCUT2D eigenvalue weighted by Gasteiger charge is 2.19. The Kier molecular flexibility index (Phi) is 3.74. The maximum absolute atomic E-state index is 11.0. The van der Waals surface area contributed by atoms with Crippen LogP contribution in [0.1, 0.15) is 10.8 Å². The first-order chi connectivity index (χ1) is 7.36. The van der Waals surface area contributed by atoms with Crippen molar-refractivity contribution in [3.05, 3.63) is 23.8 Å². The zero-order valence-corrected chi connectivity index (χ0v) is 9.36. The molecule has 0 aliphatic heterocycles. The Morgan fingerprint density at radius 1 is 1.38 bits per heavy atom. The van der Waals surface area contributed by atoms with Crippen LogP contribution >= 0.6 is 0 Å². The van der Waals surface area contributed by atoms with Gasteiger partial charge in [-0.1, -0.05) is 6.07 Å². The number of aromatic hydroxyl groups is 2. The third-order valence-corrected chi connectivity index (χ3v) is 3.24. The second-order valence-electron chi connectivity index (χ2n) is 3.29. The zero-order valence-electron chi connectivity index (χ0n) is 8.54. The Hall–Kier alpha value is -1.31. The van der Waals surface area contributed by atoms with Crippen LogP contribution in [-0.2, 0) is 10.1 Å². The molecule has 0 bridgehead atoms. The molecule has 0 heterocycles. The molecule has 0 spiro atoms. The normalized spacial score (nSPS) is 13.6. The van der Waals surface area contributed by atoms with Gasteiger partial charge in [-0.25, -0.2) is 8.42 Å². The minimum Gasteiger partial charge on any atom is -0.747 e. The number of benzene rings is 1. The SMILES string of the molecule is CNCC(c1ccc(O)c(O)c1)S(=O)(=O)[O-]. The predicted octanol–water partition coefficient (Wildman–Crippen LogP) is -0.0965. The van der Waals surface area contributed by atoms with E-state index in [0.29, 0.717) is 0 Å². The molecule has 1 atom stereocenters. The minimum absolute atomic E-state index is 0.0595. The molecule has 0 saturated carbocycles. The van der Waals surface area contributed by atoms with Gasteiger partial charge in [-0.2, -0.15) is 0 Å². The lowest BCUT2D eigenvalue weighted by Gasteiger charge is -2.20. The van der Waals surface area contributed by atoms with Crippen molar-refractivity contribution in [2.75, 3.05) is 13.6 Å². The maximum atomic E-state index is 11.0. The van der Waals surface area contributed by atoms with Crippen molar-refractivity contribution in [2.24, 2.45) is 0 Å². The van der Waals surface area contributed by atoms with Gasteiger partial charge in [-0.05, 0) is 24.7 Å². The molecule has 1 unspecified atom stereocenters. The summed E-state index contributed by atoms with van der Waals surface area (Å²) in [6.45, 7) is -0.0595. The summed E-state index contributed by atoms with van der Waals surface area (Å²) in [5, 5.41) is 19.6. The van der Waals surface area contributed by atoms with Gasteiger partial charge in [0.1, 0.15) is 10.1 Å². The first-order valence-electron chi connectivity index (χ1n) is 4.47. The average molecular weight is 246 g/mol. The first-order valence-corrected chi connectivity index (χ1v) is 5.94. The highest BCUT2D eigenvalue weighted by atomic mass is 32.2. The van der Waals surface area contributed by atoms with Gasteiger partial charge in [-0.15, -0.1) is 0 Å². The van der Waals surface area contributed by atoms with E-state index in [2.05, 4.69) is 5.32 Å². The largest absolute Gasteiger partial charge is 0.747 e. The molecule has 3 N–H and O–H groups in total. The zero-order chi connectivity index (χ0) is 12.3. The number of rotatable bonds is 4. The van der Waals surface area contributed by atoms with Gasteiger partial charge in [0.15, 0.2) is 11.5 Å². The Morgan fingerprint density at radius 2 is 2.00 bits per heavy atom. The van der Waals surface area contributed by atoms with Crippen LogP contribution in [0.25, 0.3) is 0 Å². The molecule has 0 aliphatic rings. The van der Waals surface area contributed by atoms with Crippen molar-refractivity contribution in [1.82, 2.24) is 5.32 Å². The number of phenols is 2. The van der Waals surface area contributed by atoms with Gasteiger partial charge in [0.25, 0.3) is 0 Å². The number of hydrogen-bond donors (Lipinski definition) is 3. The summed E-state index contributed by atoms with van der Waals surface area (Å²) in [7, 11) is -3.00. The van der Waals surface area contributed by atoms with Crippen molar-refractivity contribution in [3.8, 4) is 11.5 Å². The van der Waals surface area contributed by atoms with Crippen LogP contribution in [0.4, 0.5) is 0 Å². The van der Waals surface area contributed by atoms with Gasteiger partial charge in [0.2, 0.25) is 0 Å². The van der Waals surface area contributed by atoms with Crippen LogP contribution in [0.2, 0.25) is 0 Å². The van der Waals surface area contributed by atoms with Crippen molar-refractivity contribution >= 4 is 10.1 Å². The highest BCUT2D eigenvalue weighted by molar-refractivity contribution is 7.86. The smallest absolute Gasteiger partial charge is 0.157 e. The molecule has 0 amide bonds. The van der Waals surface area contributed by atoms with E-state index in [-0.39, 0.29) is 17.9 Å². The van der Waals surface area contributed by atoms with Crippen LogP contribution in [0.5, 0.6) is 11.5 Å². The predicted molar refractivity (Wildman–Crippen MR) is 56.1 cm³/mol. The fourth-order valence-electron chi connectivity index (χ4n) is 1.31. The molecule has 6 nitrogen and oxygen atoms in total. The molecule has 0 fully saturated rings. The number of phenolic OH excluding ortho intramolecular Hbond substituents is 2. The number of likely N-dealkylation sites (N-methyl/N-ethyl adjacent to an activating group) is 1. The molecule has 16 heavy (non-hydrogen) atoms. The average Bonchev–Trinajstić information content (AvgIpc) is 2.17. The van der Waals surface area contributed by atoms with E-state index in [1.165, 1.54) is 13.1 Å². The van der Waals surface area contributed by atoms with Crippen molar-refractivity contribution in [3.63, 3.8) is 0 Å². The van der Waals surface area contributed by atoms with Crippen molar-refractivity contribution in [1.29, 1.82) is 0 Å². The van der Waals surface area contributed by atoms with E-state index in [1.807, 2.05) is 0 Å². The number of nitrogens with one attached hydrogen (secondary N) is 1. The van der Waals surface area contributed by atoms with Gasteiger partial charge in [-0.3, -0.25) is 0 Å². The Morgan fingerprint density at radius 3 is 2.44 bits per heavy atom. The summed E-state index contributed by atoms with van der Waals surface area (Å²) < 4.78 is 32.9. The van der Waals surface area contributed by atoms with E-state index in [4.69, 9.17) is 5.11 Å². The standard InChI is InChI=1S/C9H13NO5S/c1-10-5-9(16(13,14)15)6-2-3-7(11)8(12)4-6/h2-4,9-12H,5H2,1H3,(H,13,14,15)/p-1. The van der Waals surface area contributed by atoms with Gasteiger partial charge >= 0.3 is 0 Å². The molecule has 1 rings (SSSR count). The topological polar surface area (TPSA) is 110 Å². The van der Waals surface area contributed by atoms with Crippen LogP contribution in [0.3, 0.4) is 0 Å². The highest BCUT2D eigenvalue weighted by Crippen LogP contribution is 2.30. The second kappa shape index (κ2) is 4.69. The van der Waals surface area contributed by atoms with Gasteiger partial charge < -0.3 is 20.1 Å². The molecule has 0 aliphatic carbocycles. The monoisotopic (exact) mass is 246 g/mol. The Labute approximate surface area is 93.3 Å². The van der Waals surface area contributed by atoms with E-state index in [1.54, 1.807) is 0 Å². The molecule has 7 heteroatoms. The number of hydrogen-bond acceptors (Lipinski definition) is 6. The summed E-state index contributed by atoms with van der Waals surface area (Å²) in [4.78, 5) is 0. The fraction of sp³-hybridized carbons (Fsp3) is 0.333. The third-order valence-electron chi connectivity index (χ3n) is 2.11. The molecular weight excluding hydrogens is 234 g/mol. The molecule has 1 aromatic rings.